The number of aliphatic hydroxyl groups is 2. The first kappa shape index (κ1) is 11.9. The molecule has 0 amide bonds. The molecule has 0 heterocycles. The van der Waals surface area contributed by atoms with Gasteiger partial charge < -0.3 is 21.7 Å². The van der Waals surface area contributed by atoms with Crippen molar-refractivity contribution >= 4 is 0 Å². The Bertz CT molecular complexity index is 210. The zero-order valence-electron chi connectivity index (χ0n) is 9.03. The molecule has 0 saturated heterocycles. The molecule has 1 saturated carbocycles. The Hall–Kier alpha value is -0.160. The third-order valence-electron chi connectivity index (χ3n) is 4.00. The molecule has 4 nitrogen and oxygen atoms in total. The summed E-state index contributed by atoms with van der Waals surface area (Å²) in [7, 11) is 0. The predicted molar refractivity (Wildman–Crippen MR) is 55.6 cm³/mol. The topological polar surface area (TPSA) is 92.5 Å². The highest BCUT2D eigenvalue weighted by molar-refractivity contribution is 5.11. The standard InChI is InChI=1S/C10H22N2O2/c1-7(2)10(6-12)8(13)3-4-9(10,14)5-11/h7-8,13-14H,3-6,11-12H2,1-2H3. The predicted octanol–water partition coefficient (Wildman–Crippen LogP) is -0.568. The monoisotopic (exact) mass is 202 g/mol. The maximum absolute atomic E-state index is 10.4. The fourth-order valence-electron chi connectivity index (χ4n) is 2.95. The quantitative estimate of drug-likeness (QED) is 0.493. The van der Waals surface area contributed by atoms with Crippen LogP contribution in [0.4, 0.5) is 0 Å². The van der Waals surface area contributed by atoms with Crippen molar-refractivity contribution in [1.29, 1.82) is 0 Å². The molecule has 0 aliphatic heterocycles. The fourth-order valence-corrected chi connectivity index (χ4v) is 2.95. The van der Waals surface area contributed by atoms with Crippen LogP contribution in [0.1, 0.15) is 26.7 Å². The van der Waals surface area contributed by atoms with Crippen molar-refractivity contribution in [2.75, 3.05) is 13.1 Å². The van der Waals surface area contributed by atoms with Crippen molar-refractivity contribution in [3.05, 3.63) is 0 Å². The highest BCUT2D eigenvalue weighted by Gasteiger charge is 2.59. The van der Waals surface area contributed by atoms with E-state index in [9.17, 15) is 10.2 Å². The van der Waals surface area contributed by atoms with Crippen LogP contribution in [0.15, 0.2) is 0 Å². The second-order valence-electron chi connectivity index (χ2n) is 4.69. The van der Waals surface area contributed by atoms with Gasteiger partial charge in [0.1, 0.15) is 0 Å². The lowest BCUT2D eigenvalue weighted by atomic mass is 9.65. The van der Waals surface area contributed by atoms with Crippen LogP contribution in [0.3, 0.4) is 0 Å². The molecule has 0 bridgehead atoms. The van der Waals surface area contributed by atoms with E-state index < -0.39 is 17.1 Å². The molecule has 1 aliphatic rings. The van der Waals surface area contributed by atoms with Gasteiger partial charge in [-0.25, -0.2) is 0 Å². The average molecular weight is 202 g/mol. The first-order valence-electron chi connectivity index (χ1n) is 5.25. The van der Waals surface area contributed by atoms with Crippen molar-refractivity contribution in [3.8, 4) is 0 Å². The van der Waals surface area contributed by atoms with Crippen LogP contribution in [-0.4, -0.2) is 35.0 Å². The summed E-state index contributed by atoms with van der Waals surface area (Å²) in [6.45, 7) is 4.39. The van der Waals surface area contributed by atoms with Gasteiger partial charge in [0.25, 0.3) is 0 Å². The Balaban J connectivity index is 3.10. The number of rotatable bonds is 3. The molecule has 1 aliphatic carbocycles. The molecule has 4 heteroatoms. The molecule has 0 spiro atoms. The fraction of sp³-hybridized carbons (Fsp3) is 1.00. The van der Waals surface area contributed by atoms with Gasteiger partial charge in [0.2, 0.25) is 0 Å². The van der Waals surface area contributed by atoms with E-state index >= 15 is 0 Å². The molecular weight excluding hydrogens is 180 g/mol. The van der Waals surface area contributed by atoms with E-state index in [0.29, 0.717) is 12.8 Å². The summed E-state index contributed by atoms with van der Waals surface area (Å²) in [6.07, 6.45) is 0.587. The first-order valence-corrected chi connectivity index (χ1v) is 5.25. The molecule has 6 N–H and O–H groups in total. The Labute approximate surface area is 85.3 Å². The van der Waals surface area contributed by atoms with Gasteiger partial charge in [0.15, 0.2) is 0 Å². The lowest BCUT2D eigenvalue weighted by Gasteiger charge is -2.46. The Morgan fingerprint density at radius 2 is 1.93 bits per heavy atom. The van der Waals surface area contributed by atoms with Crippen molar-refractivity contribution in [2.45, 2.75) is 38.4 Å². The van der Waals surface area contributed by atoms with E-state index in [2.05, 4.69) is 0 Å². The van der Waals surface area contributed by atoms with Crippen molar-refractivity contribution < 1.29 is 10.2 Å². The molecule has 3 atom stereocenters. The zero-order chi connectivity index (χ0) is 11.0. The largest absolute Gasteiger partial charge is 0.392 e. The number of hydrogen-bond acceptors (Lipinski definition) is 4. The van der Waals surface area contributed by atoms with E-state index in [0.717, 1.165) is 0 Å². The Kier molecular flexibility index (Phi) is 3.21. The summed E-state index contributed by atoms with van der Waals surface area (Å²) < 4.78 is 0. The van der Waals surface area contributed by atoms with Crippen LogP contribution in [0.5, 0.6) is 0 Å². The van der Waals surface area contributed by atoms with Crippen LogP contribution in [0.2, 0.25) is 0 Å². The highest BCUT2D eigenvalue weighted by Crippen LogP contribution is 2.50. The van der Waals surface area contributed by atoms with Gasteiger partial charge >= 0.3 is 0 Å². The SMILES string of the molecule is CC(C)C1(CN)C(O)CCC1(O)CN. The maximum Gasteiger partial charge on any atom is 0.0865 e. The lowest BCUT2D eigenvalue weighted by molar-refractivity contribution is -0.116. The summed E-state index contributed by atoms with van der Waals surface area (Å²) in [5, 5.41) is 20.4. The molecular formula is C10H22N2O2. The summed E-state index contributed by atoms with van der Waals surface area (Å²) >= 11 is 0. The van der Waals surface area contributed by atoms with Crippen LogP contribution in [0.25, 0.3) is 0 Å². The zero-order valence-corrected chi connectivity index (χ0v) is 9.03. The van der Waals surface area contributed by atoms with E-state index in [1.165, 1.54) is 0 Å². The minimum atomic E-state index is -1.00. The van der Waals surface area contributed by atoms with Crippen LogP contribution >= 0.6 is 0 Å². The summed E-state index contributed by atoms with van der Waals surface area (Å²) in [5.41, 5.74) is 9.70. The van der Waals surface area contributed by atoms with Gasteiger partial charge in [-0.05, 0) is 18.8 Å². The van der Waals surface area contributed by atoms with Gasteiger partial charge in [-0.3, -0.25) is 0 Å². The normalized spacial score (nSPS) is 43.5. The second-order valence-corrected chi connectivity index (χ2v) is 4.69. The van der Waals surface area contributed by atoms with Crippen LogP contribution in [0, 0.1) is 11.3 Å². The average Bonchev–Trinajstić information content (AvgIpc) is 2.40. The molecule has 0 radical (unpaired) electrons. The molecule has 1 fully saturated rings. The van der Waals surface area contributed by atoms with Gasteiger partial charge in [-0.2, -0.15) is 0 Å². The molecule has 0 aromatic carbocycles. The first-order chi connectivity index (χ1) is 6.44. The lowest BCUT2D eigenvalue weighted by Crippen LogP contribution is -2.60. The Morgan fingerprint density at radius 3 is 2.21 bits per heavy atom. The van der Waals surface area contributed by atoms with E-state index in [1.54, 1.807) is 0 Å². The van der Waals surface area contributed by atoms with Crippen molar-refractivity contribution in [2.24, 2.45) is 22.8 Å². The minimum Gasteiger partial charge on any atom is -0.392 e. The van der Waals surface area contributed by atoms with Crippen molar-refractivity contribution in [1.82, 2.24) is 0 Å². The molecule has 14 heavy (non-hydrogen) atoms. The molecule has 84 valence electrons. The molecule has 0 aromatic rings. The van der Waals surface area contributed by atoms with E-state index in [4.69, 9.17) is 11.5 Å². The number of aliphatic hydroxyl groups excluding tert-OH is 1. The molecule has 1 rings (SSSR count). The third kappa shape index (κ3) is 1.29. The Morgan fingerprint density at radius 1 is 1.36 bits per heavy atom. The van der Waals surface area contributed by atoms with Gasteiger partial charge in [-0.15, -0.1) is 0 Å². The van der Waals surface area contributed by atoms with Crippen LogP contribution < -0.4 is 11.5 Å². The van der Waals surface area contributed by atoms with Crippen LogP contribution in [-0.2, 0) is 0 Å². The van der Waals surface area contributed by atoms with Crippen molar-refractivity contribution in [3.63, 3.8) is 0 Å². The highest BCUT2D eigenvalue weighted by atomic mass is 16.3. The smallest absolute Gasteiger partial charge is 0.0865 e. The number of nitrogens with two attached hydrogens (primary N) is 2. The third-order valence-corrected chi connectivity index (χ3v) is 4.00. The maximum atomic E-state index is 10.4. The van der Waals surface area contributed by atoms with E-state index in [1.807, 2.05) is 13.8 Å². The second kappa shape index (κ2) is 3.77. The summed E-state index contributed by atoms with van der Waals surface area (Å²) in [5.74, 6) is 0.124. The number of hydrogen-bond donors (Lipinski definition) is 4. The van der Waals surface area contributed by atoms with Gasteiger partial charge in [0.05, 0.1) is 11.7 Å². The summed E-state index contributed by atoms with van der Waals surface area (Å²) in [6, 6.07) is 0. The minimum absolute atomic E-state index is 0.124. The summed E-state index contributed by atoms with van der Waals surface area (Å²) in [4.78, 5) is 0. The van der Waals surface area contributed by atoms with E-state index in [-0.39, 0.29) is 19.0 Å². The molecule has 0 aromatic heterocycles. The molecule has 3 unspecified atom stereocenters. The van der Waals surface area contributed by atoms with Gasteiger partial charge in [-0.1, -0.05) is 13.8 Å². The van der Waals surface area contributed by atoms with Gasteiger partial charge in [0, 0.05) is 18.5 Å².